The van der Waals surface area contributed by atoms with Crippen LogP contribution < -0.4 is 5.32 Å². The SMILES string of the molecule is CCC(NC1CC(c2ccccc2)C1)C1CCCCC1. The largest absolute Gasteiger partial charge is 0.311 e. The maximum Gasteiger partial charge on any atom is 0.00952 e. The second-order valence-corrected chi connectivity index (χ2v) is 6.86. The molecule has 1 unspecified atom stereocenters. The molecule has 0 spiro atoms. The van der Waals surface area contributed by atoms with Crippen LogP contribution in [0.5, 0.6) is 0 Å². The first-order valence-corrected chi connectivity index (χ1v) is 8.67. The van der Waals surface area contributed by atoms with E-state index >= 15 is 0 Å². The van der Waals surface area contributed by atoms with Crippen molar-refractivity contribution in [3.8, 4) is 0 Å². The van der Waals surface area contributed by atoms with E-state index in [-0.39, 0.29) is 0 Å². The lowest BCUT2D eigenvalue weighted by molar-refractivity contribution is 0.197. The Balaban J connectivity index is 1.47. The maximum absolute atomic E-state index is 3.97. The molecule has 110 valence electrons. The number of hydrogen-bond acceptors (Lipinski definition) is 1. The molecule has 1 atom stereocenters. The lowest BCUT2D eigenvalue weighted by Gasteiger charge is -2.41. The number of rotatable bonds is 5. The normalized spacial score (nSPS) is 28.9. The molecule has 1 heteroatoms. The van der Waals surface area contributed by atoms with E-state index in [1.54, 1.807) is 0 Å². The van der Waals surface area contributed by atoms with E-state index in [4.69, 9.17) is 0 Å². The average Bonchev–Trinajstić information content (AvgIpc) is 2.48. The van der Waals surface area contributed by atoms with Gasteiger partial charge in [0, 0.05) is 12.1 Å². The fourth-order valence-corrected chi connectivity index (χ4v) is 4.18. The summed E-state index contributed by atoms with van der Waals surface area (Å²) in [7, 11) is 0. The first-order chi connectivity index (χ1) is 9.86. The number of benzene rings is 1. The summed E-state index contributed by atoms with van der Waals surface area (Å²) >= 11 is 0. The minimum Gasteiger partial charge on any atom is -0.311 e. The molecule has 0 saturated heterocycles. The Labute approximate surface area is 124 Å². The molecule has 2 fully saturated rings. The standard InChI is InChI=1S/C19H29N/c1-2-19(16-11-7-4-8-12-16)20-18-13-17(14-18)15-9-5-3-6-10-15/h3,5-6,9-10,16-20H,2,4,7-8,11-14H2,1H3. The van der Waals surface area contributed by atoms with Gasteiger partial charge in [0.2, 0.25) is 0 Å². The topological polar surface area (TPSA) is 12.0 Å². The highest BCUT2D eigenvalue weighted by atomic mass is 15.0. The van der Waals surface area contributed by atoms with Gasteiger partial charge in [0.25, 0.3) is 0 Å². The zero-order valence-electron chi connectivity index (χ0n) is 12.9. The maximum atomic E-state index is 3.97. The fraction of sp³-hybridized carbons (Fsp3) is 0.684. The lowest BCUT2D eigenvalue weighted by atomic mass is 9.74. The Kier molecular flexibility index (Phi) is 4.77. The third-order valence-corrected chi connectivity index (χ3v) is 5.52. The third kappa shape index (κ3) is 3.25. The highest BCUT2D eigenvalue weighted by Gasteiger charge is 2.33. The summed E-state index contributed by atoms with van der Waals surface area (Å²) in [5.74, 6) is 1.75. The van der Waals surface area contributed by atoms with Crippen molar-refractivity contribution >= 4 is 0 Å². The molecular formula is C19H29N. The van der Waals surface area contributed by atoms with Gasteiger partial charge < -0.3 is 5.32 Å². The predicted molar refractivity (Wildman–Crippen MR) is 86.0 cm³/mol. The van der Waals surface area contributed by atoms with Crippen LogP contribution in [0.1, 0.15) is 69.8 Å². The van der Waals surface area contributed by atoms with E-state index < -0.39 is 0 Å². The summed E-state index contributed by atoms with van der Waals surface area (Å²) in [5, 5.41) is 3.97. The smallest absolute Gasteiger partial charge is 0.00952 e. The van der Waals surface area contributed by atoms with Crippen LogP contribution in [0.15, 0.2) is 30.3 Å². The molecule has 2 saturated carbocycles. The van der Waals surface area contributed by atoms with Crippen molar-refractivity contribution in [3.05, 3.63) is 35.9 Å². The molecule has 3 rings (SSSR count). The van der Waals surface area contributed by atoms with Crippen LogP contribution in [-0.2, 0) is 0 Å². The van der Waals surface area contributed by atoms with Gasteiger partial charge in [-0.2, -0.15) is 0 Å². The first kappa shape index (κ1) is 14.1. The summed E-state index contributed by atoms with van der Waals surface area (Å²) in [5.41, 5.74) is 1.54. The second kappa shape index (κ2) is 6.76. The summed E-state index contributed by atoms with van der Waals surface area (Å²) in [6.45, 7) is 2.36. The monoisotopic (exact) mass is 271 g/mol. The molecule has 2 aliphatic rings. The van der Waals surface area contributed by atoms with Crippen LogP contribution in [0, 0.1) is 5.92 Å². The van der Waals surface area contributed by atoms with Crippen molar-refractivity contribution < 1.29 is 0 Å². The van der Waals surface area contributed by atoms with Gasteiger partial charge in [0.1, 0.15) is 0 Å². The van der Waals surface area contributed by atoms with Crippen molar-refractivity contribution in [2.24, 2.45) is 5.92 Å². The zero-order valence-corrected chi connectivity index (χ0v) is 12.9. The molecule has 1 N–H and O–H groups in total. The molecule has 0 radical (unpaired) electrons. The minimum atomic E-state index is 0.770. The molecule has 0 bridgehead atoms. The molecule has 1 nitrogen and oxygen atoms in total. The Morgan fingerprint density at radius 3 is 2.40 bits per heavy atom. The van der Waals surface area contributed by atoms with Crippen molar-refractivity contribution in [3.63, 3.8) is 0 Å². The highest BCUT2D eigenvalue weighted by Crippen LogP contribution is 2.38. The van der Waals surface area contributed by atoms with Crippen LogP contribution in [0.4, 0.5) is 0 Å². The van der Waals surface area contributed by atoms with E-state index in [1.807, 2.05) is 0 Å². The molecule has 2 aliphatic carbocycles. The van der Waals surface area contributed by atoms with Gasteiger partial charge in [-0.1, -0.05) is 56.5 Å². The second-order valence-electron chi connectivity index (χ2n) is 6.86. The van der Waals surface area contributed by atoms with Gasteiger partial charge >= 0.3 is 0 Å². The molecule has 0 aliphatic heterocycles. The lowest BCUT2D eigenvalue weighted by Crippen LogP contribution is -2.48. The minimum absolute atomic E-state index is 0.770. The summed E-state index contributed by atoms with van der Waals surface area (Å²) < 4.78 is 0. The van der Waals surface area contributed by atoms with Crippen LogP contribution >= 0.6 is 0 Å². The average molecular weight is 271 g/mol. The van der Waals surface area contributed by atoms with Gasteiger partial charge in [-0.3, -0.25) is 0 Å². The molecule has 0 amide bonds. The van der Waals surface area contributed by atoms with E-state index in [1.165, 1.54) is 56.9 Å². The predicted octanol–water partition coefficient (Wildman–Crippen LogP) is 4.88. The summed E-state index contributed by atoms with van der Waals surface area (Å²) in [6.07, 6.45) is 11.3. The van der Waals surface area contributed by atoms with Crippen LogP contribution in [0.2, 0.25) is 0 Å². The van der Waals surface area contributed by atoms with Crippen molar-refractivity contribution in [1.82, 2.24) is 5.32 Å². The van der Waals surface area contributed by atoms with Crippen molar-refractivity contribution in [2.45, 2.75) is 76.3 Å². The Morgan fingerprint density at radius 1 is 1.05 bits per heavy atom. The van der Waals surface area contributed by atoms with Gasteiger partial charge in [0.15, 0.2) is 0 Å². The van der Waals surface area contributed by atoms with Gasteiger partial charge in [-0.05, 0) is 49.5 Å². The fourth-order valence-electron chi connectivity index (χ4n) is 4.18. The van der Waals surface area contributed by atoms with Crippen molar-refractivity contribution in [1.29, 1.82) is 0 Å². The van der Waals surface area contributed by atoms with E-state index in [0.717, 1.165) is 23.9 Å². The summed E-state index contributed by atoms with van der Waals surface area (Å²) in [6, 6.07) is 12.6. The number of nitrogens with one attached hydrogen (secondary N) is 1. The van der Waals surface area contributed by atoms with Gasteiger partial charge in [-0.15, -0.1) is 0 Å². The molecule has 0 aromatic heterocycles. The first-order valence-electron chi connectivity index (χ1n) is 8.67. The Bertz CT molecular complexity index is 387. The van der Waals surface area contributed by atoms with E-state index in [9.17, 15) is 0 Å². The van der Waals surface area contributed by atoms with Crippen LogP contribution in [-0.4, -0.2) is 12.1 Å². The number of hydrogen-bond donors (Lipinski definition) is 1. The van der Waals surface area contributed by atoms with E-state index in [0.29, 0.717) is 0 Å². The van der Waals surface area contributed by atoms with Crippen LogP contribution in [0.25, 0.3) is 0 Å². The van der Waals surface area contributed by atoms with E-state index in [2.05, 4.69) is 42.6 Å². The molecule has 0 heterocycles. The highest BCUT2D eigenvalue weighted by molar-refractivity contribution is 5.22. The molecule has 20 heavy (non-hydrogen) atoms. The molecule has 1 aromatic carbocycles. The Hall–Kier alpha value is -0.820. The van der Waals surface area contributed by atoms with Gasteiger partial charge in [-0.25, -0.2) is 0 Å². The third-order valence-electron chi connectivity index (χ3n) is 5.52. The zero-order chi connectivity index (χ0) is 13.8. The van der Waals surface area contributed by atoms with Crippen LogP contribution in [0.3, 0.4) is 0 Å². The van der Waals surface area contributed by atoms with Crippen molar-refractivity contribution in [2.75, 3.05) is 0 Å². The van der Waals surface area contributed by atoms with Gasteiger partial charge in [0.05, 0.1) is 0 Å². The quantitative estimate of drug-likeness (QED) is 0.804. The Morgan fingerprint density at radius 2 is 1.75 bits per heavy atom. The summed E-state index contributed by atoms with van der Waals surface area (Å²) in [4.78, 5) is 0. The molecule has 1 aromatic rings. The molecular weight excluding hydrogens is 242 g/mol.